The second kappa shape index (κ2) is 10.5. The van der Waals surface area contributed by atoms with Gasteiger partial charge in [0.25, 0.3) is 11.7 Å². The number of rotatable bonds is 9. The fourth-order valence-corrected chi connectivity index (χ4v) is 4.08. The summed E-state index contributed by atoms with van der Waals surface area (Å²) in [5.41, 5.74) is 2.09. The quantitative estimate of drug-likeness (QED) is 0.354. The topological polar surface area (TPSA) is 79.3 Å². The highest BCUT2D eigenvalue weighted by Crippen LogP contribution is 2.41. The van der Waals surface area contributed by atoms with Crippen molar-refractivity contribution in [2.24, 2.45) is 0 Å². The number of nitrogens with zero attached hydrogens (tertiary/aromatic N) is 2. The Labute approximate surface area is 195 Å². The molecule has 0 aromatic heterocycles. The van der Waals surface area contributed by atoms with Crippen molar-refractivity contribution in [3.63, 3.8) is 0 Å². The number of likely N-dealkylation sites (tertiary alicyclic amines) is 1. The van der Waals surface area contributed by atoms with Crippen molar-refractivity contribution >= 4 is 17.4 Å². The van der Waals surface area contributed by atoms with Gasteiger partial charge in [-0.05, 0) is 70.7 Å². The molecular weight excluding hydrogens is 420 g/mol. The molecule has 176 valence electrons. The molecule has 1 aliphatic rings. The summed E-state index contributed by atoms with van der Waals surface area (Å²) in [7, 11) is 5.43. The number of carbonyl (C=O) groups excluding carboxylic acids is 2. The largest absolute Gasteiger partial charge is 0.507 e. The minimum absolute atomic E-state index is 0.0675. The van der Waals surface area contributed by atoms with Crippen LogP contribution in [0.25, 0.3) is 5.76 Å². The first-order valence-corrected chi connectivity index (χ1v) is 11.1. The zero-order chi connectivity index (χ0) is 24.1. The lowest BCUT2D eigenvalue weighted by molar-refractivity contribution is -0.139. The number of hydrogen-bond acceptors (Lipinski definition) is 6. The maximum Gasteiger partial charge on any atom is 0.295 e. The third-order valence-corrected chi connectivity index (χ3v) is 5.66. The fraction of sp³-hybridized carbons (Fsp3) is 0.385. The van der Waals surface area contributed by atoms with Gasteiger partial charge in [0.2, 0.25) is 0 Å². The second-order valence-corrected chi connectivity index (χ2v) is 8.36. The molecule has 2 aromatic carbocycles. The van der Waals surface area contributed by atoms with Crippen molar-refractivity contribution in [3.8, 4) is 11.5 Å². The van der Waals surface area contributed by atoms with E-state index in [1.807, 2.05) is 63.2 Å². The highest BCUT2D eigenvalue weighted by molar-refractivity contribution is 6.46. The Morgan fingerprint density at radius 1 is 1.12 bits per heavy atom. The van der Waals surface area contributed by atoms with Crippen LogP contribution in [-0.4, -0.2) is 67.5 Å². The third kappa shape index (κ3) is 5.20. The van der Waals surface area contributed by atoms with E-state index < -0.39 is 17.7 Å². The zero-order valence-corrected chi connectivity index (χ0v) is 19.9. The highest BCUT2D eigenvalue weighted by Gasteiger charge is 2.46. The lowest BCUT2D eigenvalue weighted by atomic mass is 9.94. The minimum atomic E-state index is -0.701. The molecule has 0 saturated carbocycles. The molecular formula is C26H32N2O5. The maximum absolute atomic E-state index is 13.2. The van der Waals surface area contributed by atoms with E-state index in [2.05, 4.69) is 0 Å². The number of carbonyl (C=O) groups is 2. The van der Waals surface area contributed by atoms with Gasteiger partial charge in [-0.1, -0.05) is 23.8 Å². The van der Waals surface area contributed by atoms with Gasteiger partial charge in [-0.2, -0.15) is 0 Å². The molecule has 7 nitrogen and oxygen atoms in total. The minimum Gasteiger partial charge on any atom is -0.507 e. The normalized spacial score (nSPS) is 17.6. The number of hydrogen-bond donors (Lipinski definition) is 1. The van der Waals surface area contributed by atoms with Crippen molar-refractivity contribution in [3.05, 3.63) is 64.7 Å². The Morgan fingerprint density at radius 3 is 2.42 bits per heavy atom. The lowest BCUT2D eigenvalue weighted by Crippen LogP contribution is -2.32. The summed E-state index contributed by atoms with van der Waals surface area (Å²) in [6, 6.07) is 11.9. The predicted molar refractivity (Wildman–Crippen MR) is 128 cm³/mol. The summed E-state index contributed by atoms with van der Waals surface area (Å²) < 4.78 is 11.0. The number of aliphatic hydroxyl groups is 1. The molecule has 7 heteroatoms. The molecule has 0 bridgehead atoms. The highest BCUT2D eigenvalue weighted by atomic mass is 16.5. The fourth-order valence-electron chi connectivity index (χ4n) is 4.08. The van der Waals surface area contributed by atoms with Crippen LogP contribution >= 0.6 is 0 Å². The third-order valence-electron chi connectivity index (χ3n) is 5.66. The van der Waals surface area contributed by atoms with Gasteiger partial charge in [0, 0.05) is 6.54 Å². The molecule has 1 aliphatic heterocycles. The van der Waals surface area contributed by atoms with Gasteiger partial charge in [-0.25, -0.2) is 0 Å². The first kappa shape index (κ1) is 24.3. The summed E-state index contributed by atoms with van der Waals surface area (Å²) in [6.45, 7) is 5.49. The molecule has 1 unspecified atom stereocenters. The Balaban J connectivity index is 2.13. The van der Waals surface area contributed by atoms with Crippen LogP contribution in [0.5, 0.6) is 11.5 Å². The van der Waals surface area contributed by atoms with Crippen LogP contribution in [0.1, 0.15) is 36.1 Å². The molecule has 0 aliphatic carbocycles. The van der Waals surface area contributed by atoms with Crippen molar-refractivity contribution in [1.82, 2.24) is 9.80 Å². The number of aryl methyl sites for hydroxylation is 1. The molecule has 2 aromatic rings. The van der Waals surface area contributed by atoms with Gasteiger partial charge in [0.1, 0.15) is 17.3 Å². The molecule has 0 spiro atoms. The van der Waals surface area contributed by atoms with Crippen LogP contribution in [0.15, 0.2) is 48.0 Å². The van der Waals surface area contributed by atoms with Gasteiger partial charge in [0.05, 0.1) is 30.9 Å². The molecule has 0 radical (unpaired) electrons. The predicted octanol–water partition coefficient (Wildman–Crippen LogP) is 3.78. The summed E-state index contributed by atoms with van der Waals surface area (Å²) >= 11 is 0. The molecule has 1 N–H and O–H groups in total. The first-order valence-electron chi connectivity index (χ1n) is 11.1. The van der Waals surface area contributed by atoms with E-state index in [4.69, 9.17) is 9.47 Å². The number of amides is 1. The van der Waals surface area contributed by atoms with E-state index in [0.29, 0.717) is 36.6 Å². The van der Waals surface area contributed by atoms with Crippen LogP contribution in [-0.2, 0) is 9.59 Å². The van der Waals surface area contributed by atoms with Crippen molar-refractivity contribution in [2.45, 2.75) is 26.3 Å². The molecule has 1 amide bonds. The molecule has 3 rings (SSSR count). The summed E-state index contributed by atoms with van der Waals surface area (Å²) in [6.07, 6.45) is 0.696. The van der Waals surface area contributed by atoms with E-state index in [0.717, 1.165) is 17.7 Å². The summed E-state index contributed by atoms with van der Waals surface area (Å²) in [5, 5.41) is 11.3. The maximum atomic E-state index is 13.2. The molecule has 33 heavy (non-hydrogen) atoms. The molecule has 1 saturated heterocycles. The monoisotopic (exact) mass is 452 g/mol. The zero-order valence-electron chi connectivity index (χ0n) is 19.9. The second-order valence-electron chi connectivity index (χ2n) is 8.36. The van der Waals surface area contributed by atoms with Crippen LogP contribution in [0.4, 0.5) is 0 Å². The summed E-state index contributed by atoms with van der Waals surface area (Å²) in [4.78, 5) is 29.8. The number of benzene rings is 2. The Kier molecular flexibility index (Phi) is 7.76. The summed E-state index contributed by atoms with van der Waals surface area (Å²) in [5.74, 6) is -0.406. The standard InChI is InChI=1S/C26H32N2O5/c1-6-33-19-11-9-18(10-12-19)23-22(24(29)20-16-17(2)8-13-21(20)32-5)25(30)26(31)28(23)15-7-14-27(3)4/h8-13,16,23,29H,6-7,14-15H2,1-5H3/b24-22+. The van der Waals surface area contributed by atoms with Crippen LogP contribution in [0.3, 0.4) is 0 Å². The first-order chi connectivity index (χ1) is 15.8. The average molecular weight is 453 g/mol. The van der Waals surface area contributed by atoms with E-state index >= 15 is 0 Å². The average Bonchev–Trinajstić information content (AvgIpc) is 3.04. The number of methoxy groups -OCH3 is 1. The van der Waals surface area contributed by atoms with E-state index in [9.17, 15) is 14.7 Å². The van der Waals surface area contributed by atoms with Crippen LogP contribution < -0.4 is 9.47 Å². The van der Waals surface area contributed by atoms with Gasteiger partial charge in [-0.3, -0.25) is 9.59 Å². The van der Waals surface area contributed by atoms with Crippen molar-refractivity contribution in [1.29, 1.82) is 0 Å². The smallest absolute Gasteiger partial charge is 0.295 e. The van der Waals surface area contributed by atoms with Gasteiger partial charge in [-0.15, -0.1) is 0 Å². The SMILES string of the molecule is CCOc1ccc(C2/C(=C(\O)c3cc(C)ccc3OC)C(=O)C(=O)N2CCCN(C)C)cc1. The molecule has 1 fully saturated rings. The number of ether oxygens (including phenoxy) is 2. The van der Waals surface area contributed by atoms with E-state index in [-0.39, 0.29) is 11.3 Å². The van der Waals surface area contributed by atoms with Gasteiger partial charge < -0.3 is 24.4 Å². The van der Waals surface area contributed by atoms with Crippen LogP contribution in [0.2, 0.25) is 0 Å². The number of ketones is 1. The van der Waals surface area contributed by atoms with Gasteiger partial charge >= 0.3 is 0 Å². The lowest BCUT2D eigenvalue weighted by Gasteiger charge is -2.26. The number of Topliss-reactive ketones (excluding diaryl/α,β-unsaturated/α-hetero) is 1. The van der Waals surface area contributed by atoms with Gasteiger partial charge in [0.15, 0.2) is 0 Å². The molecule has 1 atom stereocenters. The van der Waals surface area contributed by atoms with Crippen molar-refractivity contribution in [2.75, 3.05) is 40.9 Å². The number of aliphatic hydroxyl groups excluding tert-OH is 1. The van der Waals surface area contributed by atoms with Crippen molar-refractivity contribution < 1.29 is 24.2 Å². The Hall–Kier alpha value is -3.32. The molecule has 1 heterocycles. The Morgan fingerprint density at radius 2 is 1.82 bits per heavy atom. The Bertz CT molecular complexity index is 1040. The van der Waals surface area contributed by atoms with E-state index in [1.54, 1.807) is 17.0 Å². The van der Waals surface area contributed by atoms with Crippen LogP contribution in [0, 0.1) is 6.92 Å². The van der Waals surface area contributed by atoms with E-state index in [1.165, 1.54) is 7.11 Å².